The van der Waals surface area contributed by atoms with Crippen molar-refractivity contribution in [1.82, 2.24) is 9.13 Å². The van der Waals surface area contributed by atoms with Gasteiger partial charge in [0.05, 0.1) is 5.69 Å². The number of nitrogens with zero attached hydrogens (tertiary/aromatic N) is 2. The Morgan fingerprint density at radius 3 is 2.71 bits per heavy atom. The maximum Gasteiger partial charge on any atom is 0.320 e. The Morgan fingerprint density at radius 2 is 1.90 bits per heavy atom. The average molecular weight is 288 g/mol. The van der Waals surface area contributed by atoms with Gasteiger partial charge in [-0.05, 0) is 18.6 Å². The Bertz CT molecular complexity index is 776. The van der Waals surface area contributed by atoms with Crippen LogP contribution < -0.4 is 20.6 Å². The number of rotatable bonds is 4. The molecule has 2 heterocycles. The molecule has 3 rings (SSSR count). The summed E-state index contributed by atoms with van der Waals surface area (Å²) in [5.41, 5.74) is -0.486. The monoisotopic (exact) mass is 288 g/mol. The van der Waals surface area contributed by atoms with Gasteiger partial charge in [0.1, 0.15) is 0 Å². The van der Waals surface area contributed by atoms with Crippen LogP contribution in [-0.4, -0.2) is 15.9 Å². The fourth-order valence-electron chi connectivity index (χ4n) is 2.25. The zero-order valence-electron chi connectivity index (χ0n) is 11.7. The number of hydrogen-bond acceptors (Lipinski definition) is 4. The van der Waals surface area contributed by atoms with E-state index in [0.717, 1.165) is 12.8 Å². The lowest BCUT2D eigenvalue weighted by molar-refractivity contribution is 0.174. The summed E-state index contributed by atoms with van der Waals surface area (Å²) >= 11 is 0. The van der Waals surface area contributed by atoms with Gasteiger partial charge in [0.25, 0.3) is 0 Å². The highest BCUT2D eigenvalue weighted by Crippen LogP contribution is 2.33. The molecule has 1 aromatic heterocycles. The number of aryl methyl sites for hydroxylation is 1. The molecule has 0 amide bonds. The molecule has 6 heteroatoms. The summed E-state index contributed by atoms with van der Waals surface area (Å²) in [7, 11) is 0. The van der Waals surface area contributed by atoms with E-state index in [2.05, 4.69) is 0 Å². The van der Waals surface area contributed by atoms with Crippen molar-refractivity contribution < 1.29 is 9.47 Å². The minimum absolute atomic E-state index is 0.173. The number of aromatic nitrogens is 2. The molecule has 110 valence electrons. The third-order valence-corrected chi connectivity index (χ3v) is 3.45. The molecule has 21 heavy (non-hydrogen) atoms. The summed E-state index contributed by atoms with van der Waals surface area (Å²) in [5, 5.41) is 0. The Labute approximate surface area is 121 Å². The van der Waals surface area contributed by atoms with E-state index in [1.165, 1.54) is 9.13 Å². The normalized spacial score (nSPS) is 12.6. The standard InChI is InChI=1S/C15H16N2O4/c1-2-3-6-16-7-8-17(15(19)14(16)18)11-4-5-12-13(9-11)21-10-20-12/h4-5,7-9H,2-3,6,10H2,1H3. The van der Waals surface area contributed by atoms with Crippen LogP contribution >= 0.6 is 0 Å². The van der Waals surface area contributed by atoms with Gasteiger partial charge in [-0.3, -0.25) is 14.2 Å². The van der Waals surface area contributed by atoms with Crippen molar-refractivity contribution in [2.75, 3.05) is 6.79 Å². The first kappa shape index (κ1) is 13.5. The number of benzene rings is 1. The molecule has 0 bridgehead atoms. The number of fused-ring (bicyclic) bond motifs is 1. The van der Waals surface area contributed by atoms with Gasteiger partial charge in [-0.1, -0.05) is 13.3 Å². The number of ether oxygens (including phenoxy) is 2. The molecular formula is C15H16N2O4. The van der Waals surface area contributed by atoms with Gasteiger partial charge in [-0.15, -0.1) is 0 Å². The van der Waals surface area contributed by atoms with E-state index in [0.29, 0.717) is 23.7 Å². The second-order valence-electron chi connectivity index (χ2n) is 4.86. The lowest BCUT2D eigenvalue weighted by Gasteiger charge is -2.09. The van der Waals surface area contributed by atoms with Crippen LogP contribution in [0.1, 0.15) is 19.8 Å². The summed E-state index contributed by atoms with van der Waals surface area (Å²) in [6.07, 6.45) is 5.09. The van der Waals surface area contributed by atoms with Crippen molar-refractivity contribution in [3.63, 3.8) is 0 Å². The first-order valence-electron chi connectivity index (χ1n) is 6.93. The molecule has 1 aromatic carbocycles. The zero-order chi connectivity index (χ0) is 14.8. The second-order valence-corrected chi connectivity index (χ2v) is 4.86. The first-order valence-corrected chi connectivity index (χ1v) is 6.93. The van der Waals surface area contributed by atoms with Crippen LogP contribution in [0.4, 0.5) is 0 Å². The third kappa shape index (κ3) is 2.44. The predicted octanol–water partition coefficient (Wildman–Crippen LogP) is 1.53. The lowest BCUT2D eigenvalue weighted by Crippen LogP contribution is -2.39. The Kier molecular flexibility index (Phi) is 3.51. The fourth-order valence-corrected chi connectivity index (χ4v) is 2.25. The Balaban J connectivity index is 2.02. The summed E-state index contributed by atoms with van der Waals surface area (Å²) in [6, 6.07) is 5.15. The molecule has 0 saturated carbocycles. The van der Waals surface area contributed by atoms with Gasteiger partial charge < -0.3 is 14.0 Å². The fraction of sp³-hybridized carbons (Fsp3) is 0.333. The van der Waals surface area contributed by atoms with Crippen LogP contribution in [0.25, 0.3) is 5.69 Å². The van der Waals surface area contributed by atoms with Crippen LogP contribution in [0, 0.1) is 0 Å². The molecule has 1 aliphatic rings. The van der Waals surface area contributed by atoms with Crippen molar-refractivity contribution >= 4 is 0 Å². The highest BCUT2D eigenvalue weighted by molar-refractivity contribution is 5.49. The third-order valence-electron chi connectivity index (χ3n) is 3.45. The highest BCUT2D eigenvalue weighted by atomic mass is 16.7. The molecule has 2 aromatic rings. The van der Waals surface area contributed by atoms with E-state index in [-0.39, 0.29) is 6.79 Å². The van der Waals surface area contributed by atoms with Gasteiger partial charge in [-0.25, -0.2) is 0 Å². The van der Waals surface area contributed by atoms with Crippen LogP contribution in [0.3, 0.4) is 0 Å². The molecule has 0 atom stereocenters. The van der Waals surface area contributed by atoms with E-state index in [1.54, 1.807) is 30.6 Å². The molecule has 6 nitrogen and oxygen atoms in total. The van der Waals surface area contributed by atoms with Gasteiger partial charge in [0.15, 0.2) is 11.5 Å². The predicted molar refractivity (Wildman–Crippen MR) is 77.3 cm³/mol. The molecule has 0 saturated heterocycles. The molecule has 0 aliphatic carbocycles. The van der Waals surface area contributed by atoms with E-state index < -0.39 is 11.1 Å². The van der Waals surface area contributed by atoms with Crippen LogP contribution in [-0.2, 0) is 6.54 Å². The molecule has 0 unspecified atom stereocenters. The van der Waals surface area contributed by atoms with Gasteiger partial charge in [0.2, 0.25) is 6.79 Å². The number of unbranched alkanes of at least 4 members (excludes halogenated alkanes) is 1. The molecule has 0 spiro atoms. The van der Waals surface area contributed by atoms with E-state index in [1.807, 2.05) is 6.92 Å². The van der Waals surface area contributed by atoms with Crippen molar-refractivity contribution in [2.45, 2.75) is 26.3 Å². The SMILES string of the molecule is CCCCn1ccn(-c2ccc3c(c2)OCO3)c(=O)c1=O. The van der Waals surface area contributed by atoms with E-state index in [4.69, 9.17) is 9.47 Å². The Morgan fingerprint density at radius 1 is 1.10 bits per heavy atom. The first-order chi connectivity index (χ1) is 10.2. The molecule has 0 fully saturated rings. The van der Waals surface area contributed by atoms with Crippen molar-refractivity contribution in [3.8, 4) is 17.2 Å². The van der Waals surface area contributed by atoms with Crippen LogP contribution in [0.2, 0.25) is 0 Å². The van der Waals surface area contributed by atoms with Crippen molar-refractivity contribution in [3.05, 3.63) is 51.3 Å². The molecular weight excluding hydrogens is 272 g/mol. The highest BCUT2D eigenvalue weighted by Gasteiger charge is 2.15. The van der Waals surface area contributed by atoms with Gasteiger partial charge in [0, 0.05) is 25.0 Å². The Hall–Kier alpha value is -2.50. The van der Waals surface area contributed by atoms with Gasteiger partial charge >= 0.3 is 11.1 Å². The summed E-state index contributed by atoms with van der Waals surface area (Å²) in [5.74, 6) is 1.22. The average Bonchev–Trinajstić information content (AvgIpc) is 2.96. The maximum atomic E-state index is 12.2. The minimum atomic E-state index is -0.563. The molecule has 0 N–H and O–H groups in total. The lowest BCUT2D eigenvalue weighted by atomic mass is 10.2. The minimum Gasteiger partial charge on any atom is -0.454 e. The maximum absolute atomic E-state index is 12.2. The molecule has 0 radical (unpaired) electrons. The summed E-state index contributed by atoms with van der Waals surface area (Å²) in [4.78, 5) is 24.3. The topological polar surface area (TPSA) is 62.5 Å². The summed E-state index contributed by atoms with van der Waals surface area (Å²) < 4.78 is 13.3. The van der Waals surface area contributed by atoms with Gasteiger partial charge in [-0.2, -0.15) is 0 Å². The quantitative estimate of drug-likeness (QED) is 0.800. The van der Waals surface area contributed by atoms with Crippen LogP contribution in [0.5, 0.6) is 11.5 Å². The van der Waals surface area contributed by atoms with Crippen molar-refractivity contribution in [1.29, 1.82) is 0 Å². The van der Waals surface area contributed by atoms with E-state index >= 15 is 0 Å². The zero-order valence-corrected chi connectivity index (χ0v) is 11.7. The number of hydrogen-bond donors (Lipinski definition) is 0. The molecule has 1 aliphatic heterocycles. The van der Waals surface area contributed by atoms with Crippen LogP contribution in [0.15, 0.2) is 40.2 Å². The summed E-state index contributed by atoms with van der Waals surface area (Å²) in [6.45, 7) is 2.78. The second kappa shape index (κ2) is 5.47. The smallest absolute Gasteiger partial charge is 0.320 e. The van der Waals surface area contributed by atoms with Crippen molar-refractivity contribution in [2.24, 2.45) is 0 Å². The largest absolute Gasteiger partial charge is 0.454 e. The van der Waals surface area contributed by atoms with E-state index in [9.17, 15) is 9.59 Å².